The fourth-order valence-corrected chi connectivity index (χ4v) is 3.29. The average molecular weight is 366 g/mol. The molecule has 0 radical (unpaired) electrons. The molecule has 0 fully saturated rings. The van der Waals surface area contributed by atoms with Crippen LogP contribution in [0.2, 0.25) is 5.02 Å². The van der Waals surface area contributed by atoms with Crippen LogP contribution in [0.5, 0.6) is 5.75 Å². The molecule has 1 aromatic rings. The molecule has 1 aromatic carbocycles. The van der Waals surface area contributed by atoms with Gasteiger partial charge in [0.1, 0.15) is 5.75 Å². The minimum Gasteiger partial charge on any atom is -0.495 e. The monoisotopic (exact) mass is 365 g/mol. The number of dihydropyridines is 1. The molecule has 0 aliphatic carbocycles. The molecule has 25 heavy (non-hydrogen) atoms. The van der Waals surface area contributed by atoms with Gasteiger partial charge in [-0.1, -0.05) is 23.7 Å². The Hall–Kier alpha value is -2.47. The zero-order valence-electron chi connectivity index (χ0n) is 14.7. The molecule has 1 aliphatic rings. The zero-order valence-corrected chi connectivity index (χ0v) is 15.5. The topological polar surface area (TPSA) is 73.9 Å². The van der Waals surface area contributed by atoms with Gasteiger partial charge < -0.3 is 19.5 Å². The van der Waals surface area contributed by atoms with Crippen LogP contribution >= 0.6 is 11.6 Å². The van der Waals surface area contributed by atoms with Crippen LogP contribution in [-0.4, -0.2) is 33.3 Å². The van der Waals surface area contributed by atoms with Crippen LogP contribution in [0.4, 0.5) is 0 Å². The predicted octanol–water partition coefficient (Wildman–Crippen LogP) is 2.93. The van der Waals surface area contributed by atoms with Crippen LogP contribution in [0.1, 0.15) is 25.3 Å². The number of carbonyl (C=O) groups is 2. The second kappa shape index (κ2) is 7.61. The van der Waals surface area contributed by atoms with Crippen LogP contribution in [0.3, 0.4) is 0 Å². The lowest BCUT2D eigenvalue weighted by atomic mass is 9.80. The van der Waals surface area contributed by atoms with E-state index < -0.39 is 17.9 Å². The van der Waals surface area contributed by atoms with Crippen molar-refractivity contribution in [1.29, 1.82) is 0 Å². The Morgan fingerprint density at radius 2 is 1.52 bits per heavy atom. The normalized spacial score (nSPS) is 15.0. The minimum atomic E-state index is -0.733. The number of hydrogen-bond donors (Lipinski definition) is 1. The van der Waals surface area contributed by atoms with Crippen LogP contribution < -0.4 is 10.1 Å². The Morgan fingerprint density at radius 1 is 1.00 bits per heavy atom. The van der Waals surface area contributed by atoms with Gasteiger partial charge in [-0.3, -0.25) is 0 Å². The summed E-state index contributed by atoms with van der Waals surface area (Å²) in [6, 6.07) is 5.19. The van der Waals surface area contributed by atoms with Crippen molar-refractivity contribution in [3.8, 4) is 5.75 Å². The standard InChI is InChI=1S/C18H20ClNO5/c1-9-13(17(21)24-4)15(14(10(2)20-9)18(22)25-5)11-7-6-8-12(23-3)16(11)19/h6-8,15,20H,1-5H3. The van der Waals surface area contributed by atoms with E-state index in [1.807, 2.05) is 0 Å². The smallest absolute Gasteiger partial charge is 0.336 e. The van der Waals surface area contributed by atoms with Gasteiger partial charge in [-0.05, 0) is 25.5 Å². The summed E-state index contributed by atoms with van der Waals surface area (Å²) in [7, 11) is 4.07. The van der Waals surface area contributed by atoms with Gasteiger partial charge in [0.2, 0.25) is 0 Å². The highest BCUT2D eigenvalue weighted by Gasteiger charge is 2.38. The lowest BCUT2D eigenvalue weighted by molar-refractivity contribution is -0.137. The van der Waals surface area contributed by atoms with Gasteiger partial charge in [-0.2, -0.15) is 0 Å². The number of hydrogen-bond acceptors (Lipinski definition) is 6. The fourth-order valence-electron chi connectivity index (χ4n) is 2.97. The lowest BCUT2D eigenvalue weighted by Crippen LogP contribution is -2.32. The van der Waals surface area contributed by atoms with Crippen molar-refractivity contribution >= 4 is 23.5 Å². The van der Waals surface area contributed by atoms with Gasteiger partial charge in [-0.25, -0.2) is 9.59 Å². The first-order valence-corrected chi connectivity index (χ1v) is 7.92. The minimum absolute atomic E-state index is 0.295. The van der Waals surface area contributed by atoms with E-state index in [1.54, 1.807) is 32.0 Å². The SMILES string of the molecule is COC(=O)C1=C(C)NC(C)=C(C(=O)OC)C1c1cccc(OC)c1Cl. The third-order valence-electron chi connectivity index (χ3n) is 4.10. The van der Waals surface area contributed by atoms with Gasteiger partial charge in [0.15, 0.2) is 0 Å². The number of benzene rings is 1. The number of carbonyl (C=O) groups excluding carboxylic acids is 2. The Kier molecular flexibility index (Phi) is 5.74. The highest BCUT2D eigenvalue weighted by atomic mass is 35.5. The molecule has 0 atom stereocenters. The summed E-state index contributed by atoms with van der Waals surface area (Å²) >= 11 is 6.47. The van der Waals surface area contributed by atoms with E-state index in [9.17, 15) is 9.59 Å². The molecule has 1 N–H and O–H groups in total. The number of methoxy groups -OCH3 is 3. The Bertz CT molecular complexity index is 744. The lowest BCUT2D eigenvalue weighted by Gasteiger charge is -2.30. The molecule has 0 spiro atoms. The first-order valence-electron chi connectivity index (χ1n) is 7.54. The van der Waals surface area contributed by atoms with Crippen molar-refractivity contribution in [1.82, 2.24) is 5.32 Å². The number of ether oxygens (including phenoxy) is 3. The molecule has 1 heterocycles. The summed E-state index contributed by atoms with van der Waals surface area (Å²) in [5.41, 5.74) is 2.32. The number of rotatable bonds is 4. The van der Waals surface area contributed by atoms with Gasteiger partial charge >= 0.3 is 11.9 Å². The molecule has 7 heteroatoms. The number of esters is 2. The maximum Gasteiger partial charge on any atom is 0.336 e. The molecular formula is C18H20ClNO5. The van der Waals surface area contributed by atoms with Crippen LogP contribution in [0.25, 0.3) is 0 Å². The first-order chi connectivity index (χ1) is 11.9. The zero-order chi connectivity index (χ0) is 18.7. The number of allylic oxidation sites excluding steroid dienone is 2. The third-order valence-corrected chi connectivity index (χ3v) is 4.50. The second-order valence-electron chi connectivity index (χ2n) is 5.48. The molecule has 2 rings (SSSR count). The van der Waals surface area contributed by atoms with Crippen LogP contribution in [0.15, 0.2) is 40.7 Å². The first kappa shape index (κ1) is 18.9. The van der Waals surface area contributed by atoms with Crippen molar-refractivity contribution < 1.29 is 23.8 Å². The van der Waals surface area contributed by atoms with Crippen LogP contribution in [0, 0.1) is 0 Å². The van der Waals surface area contributed by atoms with E-state index in [4.69, 9.17) is 25.8 Å². The predicted molar refractivity (Wildman–Crippen MR) is 93.3 cm³/mol. The van der Waals surface area contributed by atoms with Crippen LogP contribution in [-0.2, 0) is 19.1 Å². The molecule has 1 aliphatic heterocycles. The maximum absolute atomic E-state index is 12.4. The van der Waals surface area contributed by atoms with E-state index in [0.29, 0.717) is 38.9 Å². The van der Waals surface area contributed by atoms with E-state index >= 15 is 0 Å². The molecule has 0 unspecified atom stereocenters. The van der Waals surface area contributed by atoms with Crippen molar-refractivity contribution in [3.63, 3.8) is 0 Å². The van der Waals surface area contributed by atoms with E-state index in [1.165, 1.54) is 21.3 Å². The van der Waals surface area contributed by atoms with Gasteiger partial charge in [0, 0.05) is 11.4 Å². The highest BCUT2D eigenvalue weighted by Crippen LogP contribution is 2.44. The second-order valence-corrected chi connectivity index (χ2v) is 5.86. The van der Waals surface area contributed by atoms with Gasteiger partial charge in [-0.15, -0.1) is 0 Å². The summed E-state index contributed by atoms with van der Waals surface area (Å²) in [6.07, 6.45) is 0. The van der Waals surface area contributed by atoms with Crippen molar-refractivity contribution in [3.05, 3.63) is 51.3 Å². The maximum atomic E-state index is 12.4. The van der Waals surface area contributed by atoms with Gasteiger partial charge in [0.05, 0.1) is 43.4 Å². The van der Waals surface area contributed by atoms with E-state index in [-0.39, 0.29) is 0 Å². The van der Waals surface area contributed by atoms with Crippen molar-refractivity contribution in [2.24, 2.45) is 0 Å². The average Bonchev–Trinajstić information content (AvgIpc) is 2.60. The molecule has 0 saturated carbocycles. The van der Waals surface area contributed by atoms with Crippen molar-refractivity contribution in [2.75, 3.05) is 21.3 Å². The quantitative estimate of drug-likeness (QED) is 0.827. The van der Waals surface area contributed by atoms with E-state index in [2.05, 4.69) is 5.32 Å². The molecule has 134 valence electrons. The summed E-state index contributed by atoms with van der Waals surface area (Å²) in [5, 5.41) is 3.36. The Morgan fingerprint density at radius 3 is 1.96 bits per heavy atom. The summed E-state index contributed by atoms with van der Waals surface area (Å²) in [4.78, 5) is 24.8. The largest absolute Gasteiger partial charge is 0.495 e. The molecule has 0 bridgehead atoms. The Labute approximate surface area is 151 Å². The summed E-state index contributed by atoms with van der Waals surface area (Å²) in [5.74, 6) is -1.39. The third kappa shape index (κ3) is 3.35. The molecular weight excluding hydrogens is 346 g/mol. The molecule has 0 saturated heterocycles. The molecule has 0 aromatic heterocycles. The summed E-state index contributed by atoms with van der Waals surface area (Å²) < 4.78 is 15.1. The fraction of sp³-hybridized carbons (Fsp3) is 0.333. The highest BCUT2D eigenvalue weighted by molar-refractivity contribution is 6.33. The number of halogens is 1. The van der Waals surface area contributed by atoms with E-state index in [0.717, 1.165) is 0 Å². The van der Waals surface area contributed by atoms with Gasteiger partial charge in [0.25, 0.3) is 0 Å². The Balaban J connectivity index is 2.78. The van der Waals surface area contributed by atoms with Crippen molar-refractivity contribution in [2.45, 2.75) is 19.8 Å². The number of nitrogens with one attached hydrogen (secondary N) is 1. The molecule has 0 amide bonds. The molecule has 6 nitrogen and oxygen atoms in total. The summed E-state index contributed by atoms with van der Waals surface area (Å²) in [6.45, 7) is 3.48.